The third-order valence-corrected chi connectivity index (χ3v) is 3.64. The SMILES string of the molecule is O=[As]c1ccc(C(=O)Nc2nccs2)cc1. The molecular weight excluding hydrogens is 287 g/mol. The van der Waals surface area contributed by atoms with Crippen molar-refractivity contribution in [2.24, 2.45) is 0 Å². The number of rotatable bonds is 3. The summed E-state index contributed by atoms with van der Waals surface area (Å²) in [5.41, 5.74) is 0.536. The van der Waals surface area contributed by atoms with E-state index in [1.807, 2.05) is 0 Å². The molecular formula is C10H7AsN2O2S. The van der Waals surface area contributed by atoms with Gasteiger partial charge >= 0.3 is 103 Å². The Morgan fingerprint density at radius 2 is 2.06 bits per heavy atom. The van der Waals surface area contributed by atoms with Crippen LogP contribution in [-0.2, 0) is 3.74 Å². The minimum absolute atomic E-state index is 0.205. The average Bonchev–Trinajstić information content (AvgIpc) is 2.82. The number of nitrogens with zero attached hydrogens (tertiary/aromatic N) is 1. The fourth-order valence-corrected chi connectivity index (χ4v) is 2.22. The summed E-state index contributed by atoms with van der Waals surface area (Å²) in [5, 5.41) is 5.04. The number of nitrogens with one attached hydrogen (secondary N) is 1. The molecule has 1 amide bonds. The van der Waals surface area contributed by atoms with Crippen LogP contribution in [0.1, 0.15) is 10.4 Å². The molecule has 0 radical (unpaired) electrons. The maximum absolute atomic E-state index is 11.7. The zero-order valence-corrected chi connectivity index (χ0v) is 10.8. The van der Waals surface area contributed by atoms with Gasteiger partial charge in [0.2, 0.25) is 0 Å². The molecule has 4 nitrogen and oxygen atoms in total. The van der Waals surface area contributed by atoms with Crippen LogP contribution >= 0.6 is 11.3 Å². The number of carbonyl (C=O) groups excluding carboxylic acids is 1. The van der Waals surface area contributed by atoms with Crippen molar-refractivity contribution in [2.45, 2.75) is 0 Å². The molecule has 80 valence electrons. The van der Waals surface area contributed by atoms with Crippen molar-refractivity contribution in [3.05, 3.63) is 41.4 Å². The molecule has 0 aliphatic heterocycles. The monoisotopic (exact) mass is 294 g/mol. The van der Waals surface area contributed by atoms with E-state index in [-0.39, 0.29) is 5.91 Å². The second-order valence-corrected chi connectivity index (χ2v) is 5.29. The standard InChI is InChI=1S/C10H7AsN2O2S/c14-9(13-10-12-5-6-16-10)7-1-3-8(11-15)4-2-7/h1-6H,(H,12,13,14). The zero-order valence-electron chi connectivity index (χ0n) is 8.08. The number of aromatic nitrogens is 1. The molecule has 6 heteroatoms. The van der Waals surface area contributed by atoms with Crippen molar-refractivity contribution in [3.8, 4) is 0 Å². The fourth-order valence-electron chi connectivity index (χ4n) is 1.13. The van der Waals surface area contributed by atoms with E-state index < -0.39 is 15.7 Å². The number of hydrogen-bond acceptors (Lipinski definition) is 4. The van der Waals surface area contributed by atoms with Crippen molar-refractivity contribution in [1.29, 1.82) is 0 Å². The number of amides is 1. The van der Waals surface area contributed by atoms with Gasteiger partial charge in [-0.05, 0) is 0 Å². The van der Waals surface area contributed by atoms with Crippen LogP contribution in [0.3, 0.4) is 0 Å². The second-order valence-electron chi connectivity index (χ2n) is 2.93. The Bertz CT molecular complexity index is 496. The van der Waals surface area contributed by atoms with E-state index in [0.29, 0.717) is 10.7 Å². The molecule has 0 aliphatic rings. The fraction of sp³-hybridized carbons (Fsp3) is 0. The van der Waals surface area contributed by atoms with E-state index in [9.17, 15) is 8.53 Å². The van der Waals surface area contributed by atoms with Gasteiger partial charge < -0.3 is 0 Å². The maximum atomic E-state index is 11.7. The van der Waals surface area contributed by atoms with Crippen LogP contribution in [-0.4, -0.2) is 26.6 Å². The Morgan fingerprint density at radius 1 is 1.31 bits per heavy atom. The van der Waals surface area contributed by atoms with E-state index >= 15 is 0 Å². The third kappa shape index (κ3) is 2.62. The summed E-state index contributed by atoms with van der Waals surface area (Å²) < 4.78 is 11.4. The Kier molecular flexibility index (Phi) is 3.59. The van der Waals surface area contributed by atoms with E-state index in [4.69, 9.17) is 0 Å². The van der Waals surface area contributed by atoms with Crippen LogP contribution in [0.2, 0.25) is 0 Å². The van der Waals surface area contributed by atoms with Gasteiger partial charge in [0.25, 0.3) is 0 Å². The molecule has 0 unspecified atom stereocenters. The Morgan fingerprint density at radius 3 is 2.62 bits per heavy atom. The number of hydrogen-bond donors (Lipinski definition) is 1. The summed E-state index contributed by atoms with van der Waals surface area (Å²) in [6, 6.07) is 6.71. The number of anilines is 1. The normalized spacial score (nSPS) is 10.2. The minimum atomic E-state index is -1.03. The van der Waals surface area contributed by atoms with Crippen molar-refractivity contribution >= 4 is 42.4 Å². The van der Waals surface area contributed by atoms with Gasteiger partial charge in [-0.3, -0.25) is 0 Å². The first-order valence-electron chi connectivity index (χ1n) is 4.44. The van der Waals surface area contributed by atoms with Crippen molar-refractivity contribution < 1.29 is 8.53 Å². The molecule has 0 saturated carbocycles. The molecule has 16 heavy (non-hydrogen) atoms. The molecule has 2 aromatic rings. The molecule has 1 aromatic carbocycles. The first-order valence-corrected chi connectivity index (χ1v) is 7.02. The van der Waals surface area contributed by atoms with Crippen LogP contribution in [0.5, 0.6) is 0 Å². The van der Waals surface area contributed by atoms with Gasteiger partial charge in [0.1, 0.15) is 0 Å². The Labute approximate surface area is 103 Å². The summed E-state index contributed by atoms with van der Waals surface area (Å²) >= 11 is 0.340. The number of thiazole rings is 1. The van der Waals surface area contributed by atoms with Gasteiger partial charge in [0.15, 0.2) is 0 Å². The predicted octanol–water partition coefficient (Wildman–Crippen LogP) is 1.07. The molecule has 1 aromatic heterocycles. The quantitative estimate of drug-likeness (QED) is 0.862. The van der Waals surface area contributed by atoms with Crippen molar-refractivity contribution in [3.63, 3.8) is 0 Å². The Hall–Kier alpha value is -1.32. The van der Waals surface area contributed by atoms with Crippen molar-refractivity contribution in [1.82, 2.24) is 4.98 Å². The summed E-state index contributed by atoms with van der Waals surface area (Å²) in [5.74, 6) is -0.205. The second kappa shape index (κ2) is 5.14. The van der Waals surface area contributed by atoms with Gasteiger partial charge in [0, 0.05) is 0 Å². The van der Waals surface area contributed by atoms with E-state index in [0.717, 1.165) is 4.35 Å². The van der Waals surface area contributed by atoms with Crippen LogP contribution in [0.15, 0.2) is 35.8 Å². The number of carbonyl (C=O) groups is 1. The predicted molar refractivity (Wildman–Crippen MR) is 62.6 cm³/mol. The topological polar surface area (TPSA) is 59.1 Å². The summed E-state index contributed by atoms with van der Waals surface area (Å²) in [4.78, 5) is 15.7. The first kappa shape index (κ1) is 11.2. The molecule has 0 saturated heterocycles. The summed E-state index contributed by atoms with van der Waals surface area (Å²) in [6.07, 6.45) is 1.63. The molecule has 0 atom stereocenters. The molecule has 1 heterocycles. The molecule has 0 aliphatic carbocycles. The zero-order chi connectivity index (χ0) is 11.4. The van der Waals surface area contributed by atoms with Crippen LogP contribution < -0.4 is 9.67 Å². The molecule has 0 spiro atoms. The average molecular weight is 294 g/mol. The molecule has 0 bridgehead atoms. The van der Waals surface area contributed by atoms with Gasteiger partial charge in [-0.1, -0.05) is 0 Å². The van der Waals surface area contributed by atoms with Gasteiger partial charge in [-0.25, -0.2) is 0 Å². The molecule has 2 rings (SSSR count). The molecule has 1 N–H and O–H groups in total. The summed E-state index contributed by atoms with van der Waals surface area (Å²) in [6.45, 7) is 0. The van der Waals surface area contributed by atoms with E-state index in [2.05, 4.69) is 10.3 Å². The summed E-state index contributed by atoms with van der Waals surface area (Å²) in [7, 11) is 0. The third-order valence-electron chi connectivity index (χ3n) is 1.89. The van der Waals surface area contributed by atoms with E-state index in [1.165, 1.54) is 11.3 Å². The van der Waals surface area contributed by atoms with Crippen LogP contribution in [0.4, 0.5) is 5.13 Å². The van der Waals surface area contributed by atoms with Crippen LogP contribution in [0, 0.1) is 0 Å². The van der Waals surface area contributed by atoms with E-state index in [1.54, 1.807) is 35.8 Å². The van der Waals surface area contributed by atoms with Gasteiger partial charge in [-0.2, -0.15) is 0 Å². The number of benzene rings is 1. The molecule has 0 fully saturated rings. The first-order chi connectivity index (χ1) is 7.79. The van der Waals surface area contributed by atoms with Gasteiger partial charge in [0.05, 0.1) is 0 Å². The Balaban J connectivity index is 2.11. The van der Waals surface area contributed by atoms with Gasteiger partial charge in [-0.15, -0.1) is 0 Å². The van der Waals surface area contributed by atoms with Crippen LogP contribution in [0.25, 0.3) is 0 Å². The van der Waals surface area contributed by atoms with Crippen molar-refractivity contribution in [2.75, 3.05) is 5.32 Å².